The minimum atomic E-state index is -2.42. The largest absolute Gasteiger partial charge is 0.314 e. The molecule has 0 aliphatic heterocycles. The highest BCUT2D eigenvalue weighted by Crippen LogP contribution is 2.27. The predicted molar refractivity (Wildman–Crippen MR) is 116 cm³/mol. The van der Waals surface area contributed by atoms with Crippen LogP contribution in [0, 0.1) is 6.33 Å². The van der Waals surface area contributed by atoms with Crippen LogP contribution in [0.5, 0.6) is 0 Å². The third kappa shape index (κ3) is 2.71. The lowest BCUT2D eigenvalue weighted by atomic mass is 10.0. The average molecular weight is 363 g/mol. The maximum absolute atomic E-state index is 8.29. The van der Waals surface area contributed by atoms with Crippen LogP contribution < -0.4 is 4.57 Å². The molecule has 0 atom stereocenters. The summed E-state index contributed by atoms with van der Waals surface area (Å²) in [6, 6.07) is 33.5. The molecule has 0 aliphatic rings. The fraction of sp³-hybridized carbons (Fsp3) is 0.0385. The van der Waals surface area contributed by atoms with E-state index >= 15 is 0 Å². The van der Waals surface area contributed by atoms with Crippen molar-refractivity contribution >= 4 is 32.6 Å². The van der Waals surface area contributed by atoms with Gasteiger partial charge in [-0.2, -0.15) is 0 Å². The summed E-state index contributed by atoms with van der Waals surface area (Å²) in [6.07, 6.45) is 3.20. The molecule has 0 saturated heterocycles. The maximum atomic E-state index is 8.29. The highest BCUT2D eigenvalue weighted by molar-refractivity contribution is 6.12. The van der Waals surface area contributed by atoms with Crippen LogP contribution in [-0.4, -0.2) is 4.57 Å². The molecule has 0 N–H and O–H groups in total. The number of rotatable bonds is 1. The molecule has 0 fully saturated rings. The van der Waals surface area contributed by atoms with Gasteiger partial charge in [-0.25, -0.2) is 0 Å². The zero-order chi connectivity index (χ0) is 21.4. The monoisotopic (exact) mass is 363 g/mol. The average Bonchev–Trinajstić information content (AvgIpc) is 2.84. The van der Waals surface area contributed by atoms with Crippen molar-refractivity contribution in [1.82, 2.24) is 4.57 Å². The fourth-order valence-electron chi connectivity index (χ4n) is 3.73. The molecule has 0 spiro atoms. The Balaban J connectivity index is 2.19. The van der Waals surface area contributed by atoms with Crippen LogP contribution in [0.3, 0.4) is 0 Å². The van der Waals surface area contributed by atoms with Crippen LogP contribution in [0.2, 0.25) is 0 Å². The van der Waals surface area contributed by atoms with E-state index in [1.807, 2.05) is 95.6 Å². The van der Waals surface area contributed by atoms with E-state index in [0.717, 1.165) is 32.7 Å². The lowest BCUT2D eigenvalue weighted by Crippen LogP contribution is -2.30. The summed E-state index contributed by atoms with van der Waals surface area (Å²) in [5.74, 6) is 0. The van der Waals surface area contributed by atoms with Crippen molar-refractivity contribution in [3.05, 3.63) is 109 Å². The van der Waals surface area contributed by atoms with Crippen LogP contribution in [0.15, 0.2) is 103 Å². The molecule has 0 unspecified atom stereocenters. The number of benzene rings is 4. The van der Waals surface area contributed by atoms with Crippen molar-refractivity contribution in [3.63, 3.8) is 0 Å². The normalized spacial score (nSPS) is 13.1. The molecule has 1 heterocycles. The Bertz CT molecular complexity index is 1470. The molecule has 5 rings (SSSR count). The summed E-state index contributed by atoms with van der Waals surface area (Å²) in [6.45, 7) is -2.42. The molecule has 134 valence electrons. The summed E-state index contributed by atoms with van der Waals surface area (Å²) in [5, 5.41) is 3.89. The fourth-order valence-corrected chi connectivity index (χ4v) is 3.73. The molecule has 0 radical (unpaired) electrons. The lowest BCUT2D eigenvalue weighted by Gasteiger charge is -2.10. The van der Waals surface area contributed by atoms with Gasteiger partial charge in [0.15, 0.2) is 0 Å². The zero-order valence-electron chi connectivity index (χ0n) is 18.2. The van der Waals surface area contributed by atoms with Gasteiger partial charge in [0.05, 0.1) is 27.8 Å². The number of aryl methyl sites for hydroxylation is 1. The standard InChI is InChI=1S/C26H20N2/c1-27-19-28(20-11-3-2-4-12-20)26-18-10-8-16-24(26)22-14-6-5-13-21(22)23-15-7-9-17-25(23)27/h2-18H,1H3/i1D3. The molecular formula is C26H20N2. The first-order chi connectivity index (χ1) is 15.0. The summed E-state index contributed by atoms with van der Waals surface area (Å²) >= 11 is 0. The van der Waals surface area contributed by atoms with Gasteiger partial charge in [0.25, 0.3) is 0 Å². The van der Waals surface area contributed by atoms with Gasteiger partial charge in [-0.3, -0.25) is 0 Å². The number of nitrogens with zero attached hydrogens (tertiary/aromatic N) is 2. The van der Waals surface area contributed by atoms with E-state index in [4.69, 9.17) is 4.11 Å². The van der Waals surface area contributed by atoms with Gasteiger partial charge in [0.1, 0.15) is 0 Å². The van der Waals surface area contributed by atoms with Gasteiger partial charge in [-0.05, 0) is 21.5 Å². The number of fused-ring (bicyclic) bond motifs is 5. The van der Waals surface area contributed by atoms with E-state index in [1.165, 1.54) is 4.57 Å². The molecule has 2 heteroatoms. The Labute approximate surface area is 168 Å². The van der Waals surface area contributed by atoms with E-state index in [2.05, 4.69) is 18.5 Å². The number of hydrogen-bond donors (Lipinski definition) is 0. The molecule has 4 aromatic carbocycles. The summed E-state index contributed by atoms with van der Waals surface area (Å²) in [4.78, 5) is 0. The summed E-state index contributed by atoms with van der Waals surface area (Å²) < 4.78 is 28.0. The second kappa shape index (κ2) is 6.82. The molecule has 0 saturated carbocycles. The van der Waals surface area contributed by atoms with Crippen molar-refractivity contribution < 1.29 is 8.68 Å². The molecule has 2 nitrogen and oxygen atoms in total. The Kier molecular flexibility index (Phi) is 3.29. The van der Waals surface area contributed by atoms with Crippen molar-refractivity contribution in [2.45, 2.75) is 0 Å². The molecule has 0 bridgehead atoms. The third-order valence-electron chi connectivity index (χ3n) is 5.01. The van der Waals surface area contributed by atoms with Gasteiger partial charge in [0.2, 0.25) is 6.33 Å². The first-order valence-corrected chi connectivity index (χ1v) is 9.23. The maximum Gasteiger partial charge on any atom is 0.245 e. The molecule has 1 aromatic heterocycles. The summed E-state index contributed by atoms with van der Waals surface area (Å²) in [5.41, 5.74) is 2.29. The molecule has 28 heavy (non-hydrogen) atoms. The van der Waals surface area contributed by atoms with Crippen LogP contribution >= 0.6 is 0 Å². The highest BCUT2D eigenvalue weighted by atomic mass is 15.1. The SMILES string of the molecule is [2H]C([2H])([2H])[n+]1[c-]n(-c2ccccc2)c2ccccc2c2ccccc2c2ccccc21. The van der Waals surface area contributed by atoms with Gasteiger partial charge in [0, 0.05) is 0 Å². The third-order valence-corrected chi connectivity index (χ3v) is 5.01. The number of para-hydroxylation sites is 3. The Morgan fingerprint density at radius 2 is 1.21 bits per heavy atom. The minimum Gasteiger partial charge on any atom is -0.314 e. The van der Waals surface area contributed by atoms with Crippen molar-refractivity contribution in [2.75, 3.05) is 0 Å². The highest BCUT2D eigenvalue weighted by Gasteiger charge is 2.06. The summed E-state index contributed by atoms with van der Waals surface area (Å²) in [7, 11) is 0. The second-order valence-corrected chi connectivity index (χ2v) is 6.69. The van der Waals surface area contributed by atoms with Crippen LogP contribution in [0.4, 0.5) is 0 Å². The van der Waals surface area contributed by atoms with Gasteiger partial charge < -0.3 is 9.13 Å². The van der Waals surface area contributed by atoms with E-state index in [1.54, 1.807) is 0 Å². The number of aromatic nitrogens is 2. The Morgan fingerprint density at radius 3 is 1.96 bits per heavy atom. The quantitative estimate of drug-likeness (QED) is 0.267. The number of hydrogen-bond acceptors (Lipinski definition) is 0. The van der Waals surface area contributed by atoms with Gasteiger partial charge >= 0.3 is 0 Å². The molecule has 0 aliphatic carbocycles. The topological polar surface area (TPSA) is 8.81 Å². The Hall–Kier alpha value is -3.65. The molecule has 5 aromatic rings. The minimum absolute atomic E-state index is 0.587. The van der Waals surface area contributed by atoms with E-state index < -0.39 is 6.98 Å². The second-order valence-electron chi connectivity index (χ2n) is 6.69. The van der Waals surface area contributed by atoms with Crippen LogP contribution in [0.1, 0.15) is 4.11 Å². The van der Waals surface area contributed by atoms with E-state index in [9.17, 15) is 0 Å². The van der Waals surface area contributed by atoms with E-state index in [0.29, 0.717) is 5.52 Å². The van der Waals surface area contributed by atoms with Gasteiger partial charge in [-0.1, -0.05) is 103 Å². The smallest absolute Gasteiger partial charge is 0.245 e. The van der Waals surface area contributed by atoms with E-state index in [-0.39, 0.29) is 0 Å². The molecular weight excluding hydrogens is 340 g/mol. The Morgan fingerprint density at radius 1 is 0.643 bits per heavy atom. The van der Waals surface area contributed by atoms with Crippen molar-refractivity contribution in [3.8, 4) is 5.69 Å². The van der Waals surface area contributed by atoms with Gasteiger partial charge in [-0.15, -0.1) is 0 Å². The van der Waals surface area contributed by atoms with Crippen LogP contribution in [0.25, 0.3) is 38.3 Å². The van der Waals surface area contributed by atoms with Crippen LogP contribution in [-0.2, 0) is 6.98 Å². The first kappa shape index (κ1) is 13.5. The lowest BCUT2D eigenvalue weighted by molar-refractivity contribution is -0.652. The zero-order valence-corrected chi connectivity index (χ0v) is 15.2. The van der Waals surface area contributed by atoms with Crippen molar-refractivity contribution in [2.24, 2.45) is 6.98 Å². The van der Waals surface area contributed by atoms with Crippen molar-refractivity contribution in [1.29, 1.82) is 0 Å². The predicted octanol–water partition coefficient (Wildman–Crippen LogP) is 5.69. The molecule has 0 amide bonds. The first-order valence-electron chi connectivity index (χ1n) is 10.7.